The molecule has 32 heavy (non-hydrogen) atoms. The molecule has 4 aromatic rings. The SMILES string of the molecule is COc1ccccc1-c1cnccc1C(=O)Nc1nnc(OCc2ccc(C#N)cc2)s1. The smallest absolute Gasteiger partial charge is 0.296 e. The molecule has 0 unspecified atom stereocenters. The second-order valence-electron chi connectivity index (χ2n) is 6.55. The zero-order chi connectivity index (χ0) is 22.3. The molecular weight excluding hydrogens is 426 g/mol. The fraction of sp³-hybridized carbons (Fsp3) is 0.0870. The predicted molar refractivity (Wildman–Crippen MR) is 120 cm³/mol. The standard InChI is InChI=1S/C23H17N5O3S/c1-30-20-5-3-2-4-17(20)19-13-25-11-10-18(19)21(29)26-22-27-28-23(32-22)31-14-16-8-6-15(12-24)7-9-16/h2-11,13H,14H2,1H3,(H,26,27,29). The molecule has 0 radical (unpaired) electrons. The van der Waals surface area contributed by atoms with Gasteiger partial charge in [-0.3, -0.25) is 15.1 Å². The molecule has 1 amide bonds. The molecule has 0 saturated carbocycles. The normalized spacial score (nSPS) is 10.2. The van der Waals surface area contributed by atoms with E-state index in [9.17, 15) is 4.79 Å². The summed E-state index contributed by atoms with van der Waals surface area (Å²) in [5.74, 6) is 0.298. The second-order valence-corrected chi connectivity index (χ2v) is 7.49. The van der Waals surface area contributed by atoms with Crippen molar-refractivity contribution >= 4 is 22.4 Å². The van der Waals surface area contributed by atoms with Crippen molar-refractivity contribution in [2.45, 2.75) is 6.61 Å². The second kappa shape index (κ2) is 9.68. The van der Waals surface area contributed by atoms with Crippen LogP contribution in [-0.4, -0.2) is 28.2 Å². The number of amides is 1. The maximum Gasteiger partial charge on any atom is 0.296 e. The van der Waals surface area contributed by atoms with Crippen molar-refractivity contribution < 1.29 is 14.3 Å². The van der Waals surface area contributed by atoms with Gasteiger partial charge in [-0.1, -0.05) is 35.4 Å². The summed E-state index contributed by atoms with van der Waals surface area (Å²) in [6, 6.07) is 18.2. The fourth-order valence-electron chi connectivity index (χ4n) is 2.98. The average molecular weight is 443 g/mol. The number of nitrogens with zero attached hydrogens (tertiary/aromatic N) is 4. The number of aromatic nitrogens is 3. The topological polar surface area (TPSA) is 110 Å². The van der Waals surface area contributed by atoms with Crippen molar-refractivity contribution in [2.24, 2.45) is 0 Å². The van der Waals surface area contributed by atoms with Gasteiger partial charge in [0.25, 0.3) is 11.1 Å². The number of methoxy groups -OCH3 is 1. The number of carbonyl (C=O) groups is 1. The van der Waals surface area contributed by atoms with Crippen LogP contribution in [0.1, 0.15) is 21.5 Å². The average Bonchev–Trinajstić information content (AvgIpc) is 3.30. The van der Waals surface area contributed by atoms with E-state index in [0.717, 1.165) is 22.5 Å². The van der Waals surface area contributed by atoms with Gasteiger partial charge in [0, 0.05) is 23.5 Å². The van der Waals surface area contributed by atoms with E-state index in [2.05, 4.69) is 26.6 Å². The first kappa shape index (κ1) is 21.0. The number of ether oxygens (including phenoxy) is 2. The first-order chi connectivity index (χ1) is 15.7. The van der Waals surface area contributed by atoms with E-state index in [4.69, 9.17) is 14.7 Å². The van der Waals surface area contributed by atoms with E-state index in [1.54, 1.807) is 37.7 Å². The quantitative estimate of drug-likeness (QED) is 0.453. The van der Waals surface area contributed by atoms with Gasteiger partial charge in [0.2, 0.25) is 5.13 Å². The molecule has 158 valence electrons. The van der Waals surface area contributed by atoms with Crippen LogP contribution in [0.4, 0.5) is 5.13 Å². The number of nitrogens with one attached hydrogen (secondary N) is 1. The van der Waals surface area contributed by atoms with Crippen LogP contribution >= 0.6 is 11.3 Å². The monoisotopic (exact) mass is 443 g/mol. The van der Waals surface area contributed by atoms with Crippen LogP contribution in [0.5, 0.6) is 10.9 Å². The lowest BCUT2D eigenvalue weighted by atomic mass is 10.0. The lowest BCUT2D eigenvalue weighted by molar-refractivity contribution is 0.102. The largest absolute Gasteiger partial charge is 0.496 e. The summed E-state index contributed by atoms with van der Waals surface area (Å²) in [7, 11) is 1.58. The first-order valence-electron chi connectivity index (χ1n) is 9.52. The van der Waals surface area contributed by atoms with Crippen LogP contribution in [0, 0.1) is 11.3 Å². The van der Waals surface area contributed by atoms with E-state index >= 15 is 0 Å². The molecule has 2 heterocycles. The van der Waals surface area contributed by atoms with Crippen molar-refractivity contribution in [3.63, 3.8) is 0 Å². The Balaban J connectivity index is 1.46. The third-order valence-electron chi connectivity index (χ3n) is 4.54. The van der Waals surface area contributed by atoms with Gasteiger partial charge in [-0.05, 0) is 41.2 Å². The zero-order valence-electron chi connectivity index (χ0n) is 17.0. The maximum atomic E-state index is 12.9. The Kier molecular flexibility index (Phi) is 6.34. The molecule has 0 aliphatic heterocycles. The van der Waals surface area contributed by atoms with Gasteiger partial charge >= 0.3 is 0 Å². The predicted octanol–water partition coefficient (Wildman–Crippen LogP) is 4.31. The number of rotatable bonds is 7. The Bertz CT molecular complexity index is 1280. The fourth-order valence-corrected chi connectivity index (χ4v) is 3.57. The number of pyridine rings is 1. The summed E-state index contributed by atoms with van der Waals surface area (Å²) < 4.78 is 11.1. The molecule has 0 aliphatic carbocycles. The molecule has 0 spiro atoms. The number of anilines is 1. The minimum Gasteiger partial charge on any atom is -0.496 e. The van der Waals surface area contributed by atoms with Gasteiger partial charge in [-0.2, -0.15) is 5.26 Å². The first-order valence-corrected chi connectivity index (χ1v) is 10.3. The third kappa shape index (κ3) is 4.71. The molecular formula is C23H17N5O3S. The van der Waals surface area contributed by atoms with Crippen LogP contribution in [-0.2, 0) is 6.61 Å². The van der Waals surface area contributed by atoms with Gasteiger partial charge in [-0.15, -0.1) is 5.10 Å². The third-order valence-corrected chi connectivity index (χ3v) is 5.29. The van der Waals surface area contributed by atoms with E-state index in [0.29, 0.717) is 32.8 Å². The summed E-state index contributed by atoms with van der Waals surface area (Å²) in [4.78, 5) is 17.1. The van der Waals surface area contributed by atoms with Gasteiger partial charge < -0.3 is 9.47 Å². The Morgan fingerprint density at radius 3 is 2.69 bits per heavy atom. The molecule has 0 aliphatic rings. The summed E-state index contributed by atoms with van der Waals surface area (Å²) in [5, 5.41) is 20.2. The number of hydrogen-bond donors (Lipinski definition) is 1. The van der Waals surface area contributed by atoms with Gasteiger partial charge in [0.1, 0.15) is 12.4 Å². The Morgan fingerprint density at radius 2 is 1.91 bits per heavy atom. The number of benzene rings is 2. The lowest BCUT2D eigenvalue weighted by Crippen LogP contribution is -2.13. The minimum atomic E-state index is -0.344. The summed E-state index contributed by atoms with van der Waals surface area (Å²) in [5.41, 5.74) is 3.31. The maximum absolute atomic E-state index is 12.9. The highest BCUT2D eigenvalue weighted by atomic mass is 32.1. The molecule has 1 N–H and O–H groups in total. The van der Waals surface area contributed by atoms with E-state index in [-0.39, 0.29) is 12.5 Å². The van der Waals surface area contributed by atoms with Crippen molar-refractivity contribution in [1.82, 2.24) is 15.2 Å². The number of para-hydroxylation sites is 1. The van der Waals surface area contributed by atoms with Crippen molar-refractivity contribution in [1.29, 1.82) is 5.26 Å². The van der Waals surface area contributed by atoms with Crippen molar-refractivity contribution in [2.75, 3.05) is 12.4 Å². The van der Waals surface area contributed by atoms with Gasteiger partial charge in [0.05, 0.1) is 24.3 Å². The molecule has 0 fully saturated rings. The lowest BCUT2D eigenvalue weighted by Gasteiger charge is -2.11. The zero-order valence-corrected chi connectivity index (χ0v) is 17.8. The van der Waals surface area contributed by atoms with Crippen LogP contribution < -0.4 is 14.8 Å². The molecule has 4 rings (SSSR count). The summed E-state index contributed by atoms with van der Waals surface area (Å²) in [6.45, 7) is 0.274. The number of hydrogen-bond acceptors (Lipinski definition) is 8. The van der Waals surface area contributed by atoms with E-state index in [1.807, 2.05) is 36.4 Å². The van der Waals surface area contributed by atoms with E-state index in [1.165, 1.54) is 0 Å². The number of carbonyl (C=O) groups excluding carboxylic acids is 1. The van der Waals surface area contributed by atoms with Crippen LogP contribution in [0.3, 0.4) is 0 Å². The Labute approximate surface area is 188 Å². The highest BCUT2D eigenvalue weighted by Gasteiger charge is 2.17. The number of nitriles is 1. The van der Waals surface area contributed by atoms with Gasteiger partial charge in [0.15, 0.2) is 0 Å². The van der Waals surface area contributed by atoms with Crippen LogP contribution in [0.2, 0.25) is 0 Å². The highest BCUT2D eigenvalue weighted by molar-refractivity contribution is 7.17. The highest BCUT2D eigenvalue weighted by Crippen LogP contribution is 2.32. The Morgan fingerprint density at radius 1 is 1.09 bits per heavy atom. The molecule has 2 aromatic heterocycles. The van der Waals surface area contributed by atoms with Gasteiger partial charge in [-0.25, -0.2) is 0 Å². The molecule has 0 atom stereocenters. The summed E-state index contributed by atoms with van der Waals surface area (Å²) in [6.07, 6.45) is 3.18. The van der Waals surface area contributed by atoms with Crippen LogP contribution in [0.25, 0.3) is 11.1 Å². The Hall–Kier alpha value is -4.29. The minimum absolute atomic E-state index is 0.274. The van der Waals surface area contributed by atoms with Crippen LogP contribution in [0.15, 0.2) is 67.0 Å². The molecule has 2 aromatic carbocycles. The van der Waals surface area contributed by atoms with E-state index < -0.39 is 0 Å². The summed E-state index contributed by atoms with van der Waals surface area (Å²) >= 11 is 1.12. The molecule has 9 heteroatoms. The van der Waals surface area contributed by atoms with Crippen molar-refractivity contribution in [3.8, 4) is 28.1 Å². The molecule has 8 nitrogen and oxygen atoms in total. The molecule has 0 saturated heterocycles. The molecule has 0 bridgehead atoms. The van der Waals surface area contributed by atoms with Crippen molar-refractivity contribution in [3.05, 3.63) is 83.7 Å².